The highest BCUT2D eigenvalue weighted by Gasteiger charge is 2.21. The van der Waals surface area contributed by atoms with Gasteiger partial charge in [-0.05, 0) is 44.9 Å². The first-order valence-corrected chi connectivity index (χ1v) is 10.5. The number of pyridine rings is 2. The number of ether oxygens (including phenoxy) is 1. The van der Waals surface area contributed by atoms with Crippen molar-refractivity contribution in [2.24, 2.45) is 0 Å². The summed E-state index contributed by atoms with van der Waals surface area (Å²) in [5.41, 5.74) is 5.03. The first-order chi connectivity index (χ1) is 15.5. The smallest absolute Gasteiger partial charge is 0.201 e. The van der Waals surface area contributed by atoms with Gasteiger partial charge in [0.1, 0.15) is 29.1 Å². The van der Waals surface area contributed by atoms with E-state index in [-0.39, 0.29) is 5.82 Å². The van der Waals surface area contributed by atoms with E-state index in [1.54, 1.807) is 19.2 Å². The van der Waals surface area contributed by atoms with Gasteiger partial charge in [-0.1, -0.05) is 5.92 Å². The number of hydrogen-bond acceptors (Lipinski definition) is 5. The Hall–Kier alpha value is -3.70. The Morgan fingerprint density at radius 1 is 1.22 bits per heavy atom. The van der Waals surface area contributed by atoms with E-state index in [0.29, 0.717) is 11.6 Å². The Kier molecular flexibility index (Phi) is 5.11. The second-order valence-corrected chi connectivity index (χ2v) is 7.75. The van der Waals surface area contributed by atoms with Crippen LogP contribution in [-0.2, 0) is 13.1 Å². The highest BCUT2D eigenvalue weighted by Crippen LogP contribution is 2.32. The molecule has 0 aromatic carbocycles. The van der Waals surface area contributed by atoms with Crippen molar-refractivity contribution in [3.05, 3.63) is 65.4 Å². The maximum Gasteiger partial charge on any atom is 0.201 e. The molecule has 0 fully saturated rings. The molecule has 0 saturated carbocycles. The zero-order chi connectivity index (χ0) is 22.2. The van der Waals surface area contributed by atoms with Gasteiger partial charge in [0.15, 0.2) is 0 Å². The molecule has 1 unspecified atom stereocenters. The van der Waals surface area contributed by atoms with Crippen molar-refractivity contribution in [2.75, 3.05) is 6.54 Å². The molecule has 162 valence electrons. The molecular weight excluding hydrogens is 407 g/mol. The lowest BCUT2D eigenvalue weighted by atomic mass is 10.1. The summed E-state index contributed by atoms with van der Waals surface area (Å²) < 4.78 is 23.8. The van der Waals surface area contributed by atoms with Gasteiger partial charge in [-0.2, -0.15) is 0 Å². The predicted molar refractivity (Wildman–Crippen MR) is 119 cm³/mol. The SMILES string of the molecule is CC#Cc1cnc2cc(-c3nc4n(c3C)CCNC4)cc(OC(C)c3ccc(F)cn3)n12. The van der Waals surface area contributed by atoms with Crippen molar-refractivity contribution < 1.29 is 9.13 Å². The fourth-order valence-electron chi connectivity index (χ4n) is 4.07. The lowest BCUT2D eigenvalue weighted by molar-refractivity contribution is 0.209. The van der Waals surface area contributed by atoms with Gasteiger partial charge in [-0.25, -0.2) is 14.4 Å². The van der Waals surface area contributed by atoms with Gasteiger partial charge in [-0.3, -0.25) is 9.38 Å². The number of imidazole rings is 2. The molecule has 5 heterocycles. The number of rotatable bonds is 4. The highest BCUT2D eigenvalue weighted by molar-refractivity contribution is 5.69. The Labute approximate surface area is 185 Å². The minimum Gasteiger partial charge on any atom is -0.469 e. The van der Waals surface area contributed by atoms with Crippen molar-refractivity contribution in [1.82, 2.24) is 29.2 Å². The van der Waals surface area contributed by atoms with Gasteiger partial charge >= 0.3 is 0 Å². The van der Waals surface area contributed by atoms with Crippen LogP contribution in [0.1, 0.15) is 42.9 Å². The molecule has 0 radical (unpaired) electrons. The first kappa shape index (κ1) is 20.2. The Morgan fingerprint density at radius 3 is 2.84 bits per heavy atom. The molecule has 7 nitrogen and oxygen atoms in total. The fraction of sp³-hybridized carbons (Fsp3) is 0.292. The van der Waals surface area contributed by atoms with Gasteiger partial charge in [0.25, 0.3) is 0 Å². The number of halogens is 1. The molecule has 1 atom stereocenters. The number of nitrogens with zero attached hydrogens (tertiary/aromatic N) is 5. The molecule has 1 aliphatic rings. The van der Waals surface area contributed by atoms with Crippen molar-refractivity contribution in [3.8, 4) is 29.0 Å². The van der Waals surface area contributed by atoms with E-state index in [9.17, 15) is 4.39 Å². The van der Waals surface area contributed by atoms with Crippen LogP contribution >= 0.6 is 0 Å². The van der Waals surface area contributed by atoms with Crippen molar-refractivity contribution in [1.29, 1.82) is 0 Å². The fourth-order valence-corrected chi connectivity index (χ4v) is 4.07. The topological polar surface area (TPSA) is 69.3 Å². The number of aromatic nitrogens is 5. The van der Waals surface area contributed by atoms with E-state index in [1.807, 2.05) is 23.5 Å². The first-order valence-electron chi connectivity index (χ1n) is 10.5. The second-order valence-electron chi connectivity index (χ2n) is 7.75. The van der Waals surface area contributed by atoms with Gasteiger partial charge < -0.3 is 14.6 Å². The van der Waals surface area contributed by atoms with Gasteiger partial charge in [-0.15, -0.1) is 0 Å². The highest BCUT2D eigenvalue weighted by atomic mass is 19.1. The molecule has 5 rings (SSSR count). The average molecular weight is 430 g/mol. The van der Waals surface area contributed by atoms with Crippen LogP contribution in [0.4, 0.5) is 4.39 Å². The van der Waals surface area contributed by atoms with Crippen LogP contribution in [-0.4, -0.2) is 30.5 Å². The van der Waals surface area contributed by atoms with E-state index >= 15 is 0 Å². The standard InChI is InChI=1S/C24H23FN6O/c1-4-5-19-13-28-21-10-17(24-15(2)30-9-8-26-14-22(30)29-24)11-23(31(19)21)32-16(3)20-7-6-18(25)12-27-20/h6-7,10-13,16,26H,8-9,14H2,1-3H3. The Bertz CT molecular complexity index is 1360. The Balaban J connectivity index is 1.63. The summed E-state index contributed by atoms with van der Waals surface area (Å²) in [5, 5.41) is 3.37. The molecule has 0 saturated heterocycles. The largest absolute Gasteiger partial charge is 0.469 e. The van der Waals surface area contributed by atoms with Crippen LogP contribution in [0.3, 0.4) is 0 Å². The molecule has 1 aliphatic heterocycles. The summed E-state index contributed by atoms with van der Waals surface area (Å²) in [5.74, 6) is 7.23. The van der Waals surface area contributed by atoms with Gasteiger partial charge in [0.2, 0.25) is 5.88 Å². The third-order valence-corrected chi connectivity index (χ3v) is 5.66. The van der Waals surface area contributed by atoms with E-state index in [4.69, 9.17) is 9.72 Å². The minimum atomic E-state index is -0.403. The molecule has 0 amide bonds. The maximum atomic E-state index is 13.3. The van der Waals surface area contributed by atoms with Crippen LogP contribution in [0.25, 0.3) is 16.9 Å². The van der Waals surface area contributed by atoms with E-state index in [1.165, 1.54) is 12.3 Å². The summed E-state index contributed by atoms with van der Waals surface area (Å²) in [6.45, 7) is 8.33. The van der Waals surface area contributed by atoms with Crippen LogP contribution in [0, 0.1) is 24.6 Å². The number of fused-ring (bicyclic) bond motifs is 2. The zero-order valence-corrected chi connectivity index (χ0v) is 18.2. The molecule has 0 aliphatic carbocycles. The second kappa shape index (κ2) is 8.09. The lowest BCUT2D eigenvalue weighted by Crippen LogP contribution is -2.28. The van der Waals surface area contributed by atoms with Crippen molar-refractivity contribution in [3.63, 3.8) is 0 Å². The van der Waals surface area contributed by atoms with E-state index in [0.717, 1.165) is 53.8 Å². The molecule has 8 heteroatoms. The summed E-state index contributed by atoms with van der Waals surface area (Å²) >= 11 is 0. The zero-order valence-electron chi connectivity index (χ0n) is 18.2. The lowest BCUT2D eigenvalue weighted by Gasteiger charge is -2.17. The summed E-state index contributed by atoms with van der Waals surface area (Å²) in [7, 11) is 0. The maximum absolute atomic E-state index is 13.3. The third kappa shape index (κ3) is 3.51. The van der Waals surface area contributed by atoms with Crippen molar-refractivity contribution in [2.45, 2.75) is 40.0 Å². The molecular formula is C24H23FN6O. The summed E-state index contributed by atoms with van der Waals surface area (Å²) in [6.07, 6.45) is 2.52. The molecule has 1 N–H and O–H groups in total. The van der Waals surface area contributed by atoms with Gasteiger partial charge in [0.05, 0.1) is 30.3 Å². The molecule has 4 aromatic heterocycles. The molecule has 0 spiro atoms. The van der Waals surface area contributed by atoms with E-state index < -0.39 is 6.10 Å². The molecule has 0 bridgehead atoms. The van der Waals surface area contributed by atoms with Gasteiger partial charge in [0, 0.05) is 30.4 Å². The predicted octanol–water partition coefficient (Wildman–Crippen LogP) is 3.65. The quantitative estimate of drug-likeness (QED) is 0.501. The minimum absolute atomic E-state index is 0.380. The molecule has 32 heavy (non-hydrogen) atoms. The van der Waals surface area contributed by atoms with Crippen molar-refractivity contribution >= 4 is 5.65 Å². The van der Waals surface area contributed by atoms with Crippen LogP contribution < -0.4 is 10.1 Å². The third-order valence-electron chi connectivity index (χ3n) is 5.66. The van der Waals surface area contributed by atoms with E-state index in [2.05, 4.69) is 38.6 Å². The Morgan fingerprint density at radius 2 is 2.09 bits per heavy atom. The summed E-state index contributed by atoms with van der Waals surface area (Å²) in [6, 6.07) is 6.97. The van der Waals surface area contributed by atoms with Crippen LogP contribution in [0.5, 0.6) is 5.88 Å². The normalized spacial score (nSPS) is 14.0. The van der Waals surface area contributed by atoms with Crippen LogP contribution in [0.2, 0.25) is 0 Å². The molecule has 4 aromatic rings. The average Bonchev–Trinajstić information content (AvgIpc) is 3.36. The summed E-state index contributed by atoms with van der Waals surface area (Å²) in [4.78, 5) is 13.6. The number of nitrogens with one attached hydrogen (secondary N) is 1. The van der Waals surface area contributed by atoms with Crippen LogP contribution in [0.15, 0.2) is 36.7 Å². The monoisotopic (exact) mass is 430 g/mol. The number of hydrogen-bond donors (Lipinski definition) is 1.